The first-order chi connectivity index (χ1) is 8.02. The number of nitro groups is 1. The van der Waals surface area contributed by atoms with Crippen molar-refractivity contribution in [1.29, 1.82) is 0 Å². The van der Waals surface area contributed by atoms with E-state index in [1.165, 1.54) is 0 Å². The van der Waals surface area contributed by atoms with E-state index in [0.717, 1.165) is 5.56 Å². The van der Waals surface area contributed by atoms with Gasteiger partial charge in [0.05, 0.1) is 10.7 Å². The Morgan fingerprint density at radius 3 is 2.82 bits per heavy atom. The summed E-state index contributed by atoms with van der Waals surface area (Å²) in [6.07, 6.45) is 1.90. The molecule has 0 N–H and O–H groups in total. The van der Waals surface area contributed by atoms with E-state index in [9.17, 15) is 10.1 Å². The summed E-state index contributed by atoms with van der Waals surface area (Å²) in [5.41, 5.74) is 1.26. The molecule has 0 saturated carbocycles. The Morgan fingerprint density at radius 1 is 1.59 bits per heavy atom. The van der Waals surface area contributed by atoms with E-state index in [-0.39, 0.29) is 11.7 Å². The van der Waals surface area contributed by atoms with Crippen molar-refractivity contribution < 1.29 is 4.92 Å². The Kier molecular flexibility index (Phi) is 5.31. The highest BCUT2D eigenvalue weighted by Crippen LogP contribution is 2.20. The van der Waals surface area contributed by atoms with Gasteiger partial charge >= 0.3 is 0 Å². The molecular weight excluding hydrogens is 265 g/mol. The number of pyridine rings is 1. The molecule has 1 aromatic rings. The molecule has 1 rings (SSSR count). The van der Waals surface area contributed by atoms with Crippen molar-refractivity contribution in [3.05, 3.63) is 38.1 Å². The number of aliphatic imine (C=N–C) groups is 1. The first-order valence-electron chi connectivity index (χ1n) is 4.96. The average molecular weight is 276 g/mol. The highest BCUT2D eigenvalue weighted by molar-refractivity contribution is 6.41. The van der Waals surface area contributed by atoms with Crippen molar-refractivity contribution in [2.75, 3.05) is 13.1 Å². The zero-order chi connectivity index (χ0) is 12.8. The third kappa shape index (κ3) is 4.66. The van der Waals surface area contributed by atoms with E-state index in [4.69, 9.17) is 23.2 Å². The number of halogens is 2. The van der Waals surface area contributed by atoms with Gasteiger partial charge in [-0.3, -0.25) is 15.1 Å². The summed E-state index contributed by atoms with van der Waals surface area (Å²) in [6.45, 7) is 2.07. The summed E-state index contributed by atoms with van der Waals surface area (Å²) in [5.74, 6) is 0. The fraction of sp³-hybridized carbons (Fsp3) is 0.400. The van der Waals surface area contributed by atoms with E-state index in [1.54, 1.807) is 12.3 Å². The van der Waals surface area contributed by atoms with Crippen molar-refractivity contribution in [1.82, 2.24) is 4.98 Å². The summed E-state index contributed by atoms with van der Waals surface area (Å²) >= 11 is 11.5. The maximum atomic E-state index is 10.5. The second-order valence-corrected chi connectivity index (χ2v) is 4.09. The summed E-state index contributed by atoms with van der Waals surface area (Å²) in [4.78, 5) is 18.0. The predicted octanol–water partition coefficient (Wildman–Crippen LogP) is 2.67. The lowest BCUT2D eigenvalue weighted by atomic mass is 10.1. The topological polar surface area (TPSA) is 68.4 Å². The number of hydrogen-bond acceptors (Lipinski definition) is 4. The Morgan fingerprint density at radius 2 is 2.29 bits per heavy atom. The molecule has 0 atom stereocenters. The average Bonchev–Trinajstić information content (AvgIpc) is 2.23. The second kappa shape index (κ2) is 6.51. The van der Waals surface area contributed by atoms with E-state index in [0.29, 0.717) is 23.7 Å². The molecule has 0 spiro atoms. The molecule has 1 aromatic heterocycles. The molecule has 5 nitrogen and oxygen atoms in total. The van der Waals surface area contributed by atoms with Crippen LogP contribution in [-0.4, -0.2) is 28.7 Å². The molecule has 0 aliphatic rings. The molecule has 0 unspecified atom stereocenters. The Balaban J connectivity index is 2.82. The molecular formula is C10H11Cl2N3O2. The van der Waals surface area contributed by atoms with E-state index in [1.807, 2.05) is 6.92 Å². The number of aromatic nitrogens is 1. The molecule has 7 heteroatoms. The van der Waals surface area contributed by atoms with Gasteiger partial charge < -0.3 is 0 Å². The van der Waals surface area contributed by atoms with E-state index < -0.39 is 4.92 Å². The van der Waals surface area contributed by atoms with Crippen LogP contribution >= 0.6 is 23.2 Å². The number of nitrogens with zero attached hydrogens (tertiary/aromatic N) is 3. The first kappa shape index (κ1) is 13.9. The lowest BCUT2D eigenvalue weighted by Crippen LogP contribution is -2.17. The lowest BCUT2D eigenvalue weighted by Gasteiger charge is -2.03. The van der Waals surface area contributed by atoms with E-state index >= 15 is 0 Å². The van der Waals surface area contributed by atoms with Gasteiger partial charge in [0.25, 0.3) is 0 Å². The number of rotatable bonds is 5. The third-order valence-electron chi connectivity index (χ3n) is 1.95. The van der Waals surface area contributed by atoms with Crippen molar-refractivity contribution in [3.63, 3.8) is 0 Å². The van der Waals surface area contributed by atoms with Crippen molar-refractivity contribution >= 4 is 28.9 Å². The molecule has 0 saturated heterocycles. The van der Waals surface area contributed by atoms with Crippen LogP contribution in [0, 0.1) is 10.1 Å². The van der Waals surface area contributed by atoms with Crippen LogP contribution < -0.4 is 0 Å². The molecule has 0 aromatic carbocycles. The minimum absolute atomic E-state index is 0.221. The molecule has 0 bridgehead atoms. The second-order valence-electron chi connectivity index (χ2n) is 3.32. The fourth-order valence-corrected chi connectivity index (χ4v) is 1.62. The van der Waals surface area contributed by atoms with Crippen LogP contribution in [0.25, 0.3) is 0 Å². The third-order valence-corrected chi connectivity index (χ3v) is 2.64. The minimum atomic E-state index is -0.403. The molecule has 0 fully saturated rings. The van der Waals surface area contributed by atoms with Crippen LogP contribution in [0.5, 0.6) is 0 Å². The van der Waals surface area contributed by atoms with Gasteiger partial charge in [-0.25, -0.2) is 4.98 Å². The van der Waals surface area contributed by atoms with Crippen LogP contribution in [0.15, 0.2) is 17.3 Å². The molecule has 1 heterocycles. The van der Waals surface area contributed by atoms with Crippen LogP contribution in [0.2, 0.25) is 10.2 Å². The maximum absolute atomic E-state index is 10.5. The molecule has 92 valence electrons. The van der Waals surface area contributed by atoms with Crippen LogP contribution in [0.3, 0.4) is 0 Å². The SMILES string of the molecule is CCN=C(Cc1cnc(Cl)c(Cl)c1)C[N+](=O)[O-]. The van der Waals surface area contributed by atoms with Gasteiger partial charge in [0.2, 0.25) is 6.54 Å². The summed E-state index contributed by atoms with van der Waals surface area (Å²) in [5, 5.41) is 11.0. The molecule has 0 aliphatic carbocycles. The standard InChI is InChI=1S/C10H11Cl2N3O2/c1-2-13-8(6-15(16)17)3-7-4-9(11)10(12)14-5-7/h4-5H,2-3,6H2,1H3. The number of hydrogen-bond donors (Lipinski definition) is 0. The predicted molar refractivity (Wildman–Crippen MR) is 67.8 cm³/mol. The molecule has 0 aliphatic heterocycles. The zero-order valence-electron chi connectivity index (χ0n) is 9.19. The largest absolute Gasteiger partial charge is 0.287 e. The summed E-state index contributed by atoms with van der Waals surface area (Å²) in [6, 6.07) is 1.64. The highest BCUT2D eigenvalue weighted by Gasteiger charge is 2.10. The zero-order valence-corrected chi connectivity index (χ0v) is 10.7. The van der Waals surface area contributed by atoms with Crippen molar-refractivity contribution in [2.24, 2.45) is 4.99 Å². The van der Waals surface area contributed by atoms with Gasteiger partial charge in [0, 0.05) is 24.1 Å². The van der Waals surface area contributed by atoms with Crippen LogP contribution in [0.4, 0.5) is 0 Å². The van der Waals surface area contributed by atoms with Crippen LogP contribution in [0.1, 0.15) is 12.5 Å². The van der Waals surface area contributed by atoms with Gasteiger partial charge in [-0.1, -0.05) is 23.2 Å². The van der Waals surface area contributed by atoms with E-state index in [2.05, 4.69) is 9.98 Å². The Hall–Kier alpha value is -1.20. The van der Waals surface area contributed by atoms with Gasteiger partial charge in [-0.2, -0.15) is 0 Å². The summed E-state index contributed by atoms with van der Waals surface area (Å²) < 4.78 is 0. The lowest BCUT2D eigenvalue weighted by molar-refractivity contribution is -0.463. The maximum Gasteiger partial charge on any atom is 0.241 e. The normalized spacial score (nSPS) is 11.6. The van der Waals surface area contributed by atoms with Gasteiger partial charge in [0.1, 0.15) is 5.15 Å². The monoisotopic (exact) mass is 275 g/mol. The first-order valence-corrected chi connectivity index (χ1v) is 5.72. The van der Waals surface area contributed by atoms with Crippen molar-refractivity contribution in [2.45, 2.75) is 13.3 Å². The van der Waals surface area contributed by atoms with Gasteiger partial charge in [0.15, 0.2) is 0 Å². The van der Waals surface area contributed by atoms with Gasteiger partial charge in [-0.05, 0) is 18.6 Å². The van der Waals surface area contributed by atoms with Gasteiger partial charge in [-0.15, -0.1) is 0 Å². The molecule has 17 heavy (non-hydrogen) atoms. The van der Waals surface area contributed by atoms with Crippen molar-refractivity contribution in [3.8, 4) is 0 Å². The minimum Gasteiger partial charge on any atom is -0.287 e. The highest BCUT2D eigenvalue weighted by atomic mass is 35.5. The Bertz CT molecular complexity index is 449. The molecule has 0 amide bonds. The quantitative estimate of drug-likeness (QED) is 0.359. The van der Waals surface area contributed by atoms with Crippen LogP contribution in [-0.2, 0) is 6.42 Å². The molecule has 0 radical (unpaired) electrons. The fourth-order valence-electron chi connectivity index (χ4n) is 1.33. The smallest absolute Gasteiger partial charge is 0.241 e. The summed E-state index contributed by atoms with van der Waals surface area (Å²) in [7, 11) is 0. The Labute approximate surface area is 109 Å².